The molecule has 7 atom stereocenters. The van der Waals surface area contributed by atoms with Crippen molar-refractivity contribution < 1.29 is 37.0 Å². The van der Waals surface area contributed by atoms with Gasteiger partial charge in [-0.15, -0.1) is 11.8 Å². The maximum atomic E-state index is 14.0. The van der Waals surface area contributed by atoms with Crippen LogP contribution in [0.5, 0.6) is 11.5 Å². The number of alkyl halides is 3. The van der Waals surface area contributed by atoms with Gasteiger partial charge in [0.25, 0.3) is 5.91 Å². The van der Waals surface area contributed by atoms with Crippen molar-refractivity contribution in [2.24, 2.45) is 29.6 Å². The maximum Gasteiger partial charge on any atom is 0.416 e. The Morgan fingerprint density at radius 1 is 0.980 bits per heavy atom. The molecule has 3 fully saturated rings. The third-order valence-electron chi connectivity index (χ3n) is 10.3. The molecule has 3 aromatic carbocycles. The number of thiazole rings is 1. The van der Waals surface area contributed by atoms with Gasteiger partial charge in [-0.1, -0.05) is 35.1 Å². The van der Waals surface area contributed by atoms with E-state index >= 15 is 0 Å². The topological polar surface area (TPSA) is 118 Å². The van der Waals surface area contributed by atoms with Crippen molar-refractivity contribution in [3.8, 4) is 11.5 Å². The molecule has 1 aromatic heterocycles. The van der Waals surface area contributed by atoms with Crippen LogP contribution >= 0.6 is 34.7 Å². The quantitative estimate of drug-likeness (QED) is 0.183. The molecule has 4 aromatic rings. The SMILES string of the molecule is CCOc1cc([C@H]2c3sc(=O)[nH]c3SC3C4CC(C5C(=O)N(c6ccc(Cl)cc6)C(=O)C45)C32)ccc1OCC(=O)Nc1cccc(C(F)(F)F)c1. The number of aromatic amines is 1. The highest BCUT2D eigenvalue weighted by Crippen LogP contribution is 2.69. The number of hydrogen-bond donors (Lipinski definition) is 2. The van der Waals surface area contributed by atoms with E-state index in [0.717, 1.165) is 45.4 Å². The van der Waals surface area contributed by atoms with Gasteiger partial charge in [-0.25, -0.2) is 0 Å². The minimum atomic E-state index is -4.55. The summed E-state index contributed by atoms with van der Waals surface area (Å²) in [5, 5.41) is 3.68. The number of carbonyl (C=O) groups excluding carboxylic acids is 3. The summed E-state index contributed by atoms with van der Waals surface area (Å²) >= 11 is 8.80. The van der Waals surface area contributed by atoms with Crippen LogP contribution in [0.4, 0.5) is 24.5 Å². The first-order valence-corrected chi connectivity index (χ1v) is 18.4. The summed E-state index contributed by atoms with van der Waals surface area (Å²) in [5.74, 6) is -1.89. The maximum absolute atomic E-state index is 14.0. The lowest BCUT2D eigenvalue weighted by atomic mass is 9.68. The minimum Gasteiger partial charge on any atom is -0.490 e. The molecule has 2 aliphatic carbocycles. The molecule has 2 aliphatic heterocycles. The van der Waals surface area contributed by atoms with E-state index in [1.165, 1.54) is 17.0 Å². The second kappa shape index (κ2) is 12.7. The van der Waals surface area contributed by atoms with Gasteiger partial charge in [-0.2, -0.15) is 13.2 Å². The number of nitrogens with zero attached hydrogens (tertiary/aromatic N) is 1. The molecule has 9 nitrogen and oxygen atoms in total. The predicted octanol–water partition coefficient (Wildman–Crippen LogP) is 7.20. The number of amides is 3. The van der Waals surface area contributed by atoms with E-state index < -0.39 is 36.1 Å². The van der Waals surface area contributed by atoms with Gasteiger partial charge >= 0.3 is 11.0 Å². The number of fused-ring (bicyclic) bond motifs is 9. The Morgan fingerprint density at radius 3 is 2.45 bits per heavy atom. The molecular weight excluding hydrogens is 727 g/mol. The fourth-order valence-corrected chi connectivity index (χ4v) is 11.5. The first kappa shape index (κ1) is 33.9. The van der Waals surface area contributed by atoms with Gasteiger partial charge in [0.15, 0.2) is 18.1 Å². The standard InChI is InChI=1S/C36H29ClF3N3O6S2/c1-2-48-24-12-16(6-11-23(24)49-15-25(44)41-19-5-3-4-17(13-19)36(38,39)40)26-27-21-14-22(30(27)50-32-31(26)51-35(47)42-32)29-28(21)33(45)43(34(29)46)20-9-7-18(37)8-10-20/h3-13,21-22,26-30H,2,14-15H2,1H3,(H,41,44)(H,42,47)/t21?,22?,26-,27?,28?,29?,30?/m1/s1. The highest BCUT2D eigenvalue weighted by Gasteiger charge is 2.69. The number of aromatic nitrogens is 1. The molecule has 0 radical (unpaired) electrons. The third kappa shape index (κ3) is 5.81. The van der Waals surface area contributed by atoms with Crippen molar-refractivity contribution in [1.29, 1.82) is 0 Å². The van der Waals surface area contributed by atoms with E-state index in [4.69, 9.17) is 21.1 Å². The van der Waals surface area contributed by atoms with Crippen LogP contribution in [0.2, 0.25) is 5.02 Å². The van der Waals surface area contributed by atoms with E-state index in [1.807, 2.05) is 12.1 Å². The van der Waals surface area contributed by atoms with E-state index in [1.54, 1.807) is 49.0 Å². The first-order valence-electron chi connectivity index (χ1n) is 16.3. The number of ether oxygens (including phenoxy) is 2. The molecule has 264 valence electrons. The number of H-pyrrole nitrogens is 1. The van der Waals surface area contributed by atoms with Gasteiger partial charge in [0, 0.05) is 26.8 Å². The smallest absolute Gasteiger partial charge is 0.416 e. The molecule has 15 heteroatoms. The van der Waals surface area contributed by atoms with Gasteiger partial charge < -0.3 is 19.8 Å². The lowest BCUT2D eigenvalue weighted by molar-refractivity contribution is -0.137. The monoisotopic (exact) mass is 755 g/mol. The Labute approximate surface area is 302 Å². The molecule has 4 aliphatic rings. The van der Waals surface area contributed by atoms with Crippen LogP contribution in [0.15, 0.2) is 76.6 Å². The average molecular weight is 756 g/mol. The fraction of sp³-hybridized carbons (Fsp3) is 0.333. The van der Waals surface area contributed by atoms with E-state index in [2.05, 4.69) is 10.3 Å². The average Bonchev–Trinajstić information content (AvgIpc) is 3.83. The molecule has 2 N–H and O–H groups in total. The van der Waals surface area contributed by atoms with Gasteiger partial charge in [-0.3, -0.25) is 24.1 Å². The molecule has 6 unspecified atom stereocenters. The van der Waals surface area contributed by atoms with Crippen molar-refractivity contribution in [3.05, 3.63) is 97.4 Å². The lowest BCUT2D eigenvalue weighted by Gasteiger charge is -2.43. The summed E-state index contributed by atoms with van der Waals surface area (Å²) in [6.07, 6.45) is -3.83. The molecule has 3 amide bonds. The zero-order valence-corrected chi connectivity index (χ0v) is 29.1. The molecule has 0 spiro atoms. The summed E-state index contributed by atoms with van der Waals surface area (Å²) < 4.78 is 51.2. The van der Waals surface area contributed by atoms with Crippen molar-refractivity contribution >= 4 is 63.8 Å². The number of nitrogens with one attached hydrogen (secondary N) is 2. The molecule has 51 heavy (non-hydrogen) atoms. The van der Waals surface area contributed by atoms with Crippen LogP contribution in [-0.4, -0.2) is 41.2 Å². The van der Waals surface area contributed by atoms with Crippen LogP contribution in [0.1, 0.15) is 35.3 Å². The molecule has 2 saturated carbocycles. The highest BCUT2D eigenvalue weighted by molar-refractivity contribution is 8.00. The van der Waals surface area contributed by atoms with Crippen molar-refractivity contribution in [1.82, 2.24) is 4.98 Å². The minimum absolute atomic E-state index is 0.0170. The van der Waals surface area contributed by atoms with E-state index in [9.17, 15) is 32.3 Å². The zero-order valence-electron chi connectivity index (χ0n) is 26.7. The molecule has 2 bridgehead atoms. The number of carbonyl (C=O) groups is 3. The number of halogens is 4. The molecule has 3 heterocycles. The van der Waals surface area contributed by atoms with E-state index in [-0.39, 0.29) is 63.7 Å². The van der Waals surface area contributed by atoms with Gasteiger partial charge in [0.05, 0.1) is 34.7 Å². The Morgan fingerprint density at radius 2 is 1.73 bits per heavy atom. The summed E-state index contributed by atoms with van der Waals surface area (Å²) in [6.45, 7) is 1.58. The summed E-state index contributed by atoms with van der Waals surface area (Å²) in [4.78, 5) is 58.3. The van der Waals surface area contributed by atoms with Gasteiger partial charge in [-0.05, 0) is 91.3 Å². The first-order chi connectivity index (χ1) is 24.4. The second-order valence-electron chi connectivity index (χ2n) is 13.0. The summed E-state index contributed by atoms with van der Waals surface area (Å²) in [7, 11) is 0. The predicted molar refractivity (Wildman–Crippen MR) is 186 cm³/mol. The normalized spacial score (nSPS) is 26.1. The summed E-state index contributed by atoms with van der Waals surface area (Å²) in [5.41, 5.74) is 0.431. The number of benzene rings is 3. The number of anilines is 2. The van der Waals surface area contributed by atoms with Crippen LogP contribution in [0, 0.1) is 29.6 Å². The zero-order chi connectivity index (χ0) is 35.8. The fourth-order valence-electron chi connectivity index (χ4n) is 8.45. The summed E-state index contributed by atoms with van der Waals surface area (Å²) in [6, 6.07) is 16.3. The van der Waals surface area contributed by atoms with Gasteiger partial charge in [0.2, 0.25) is 11.8 Å². The number of rotatable bonds is 8. The molecule has 1 saturated heterocycles. The second-order valence-corrected chi connectivity index (χ2v) is 15.6. The van der Waals surface area contributed by atoms with E-state index in [0.29, 0.717) is 16.5 Å². The van der Waals surface area contributed by atoms with Crippen molar-refractivity contribution in [2.45, 2.75) is 35.7 Å². The van der Waals surface area contributed by atoms with Gasteiger partial charge in [0.1, 0.15) is 0 Å². The molecule has 8 rings (SSSR count). The number of hydrogen-bond acceptors (Lipinski definition) is 8. The van der Waals surface area contributed by atoms with Crippen molar-refractivity contribution in [2.75, 3.05) is 23.4 Å². The largest absolute Gasteiger partial charge is 0.490 e. The van der Waals surface area contributed by atoms with Crippen LogP contribution < -0.4 is 24.6 Å². The Hall–Kier alpha value is -4.27. The number of thioether (sulfide) groups is 1. The highest BCUT2D eigenvalue weighted by atomic mass is 35.5. The van der Waals surface area contributed by atoms with Crippen LogP contribution in [0.25, 0.3) is 0 Å². The Bertz CT molecular complexity index is 2120. The Balaban J connectivity index is 1.07. The lowest BCUT2D eigenvalue weighted by Crippen LogP contribution is -2.42. The van der Waals surface area contributed by atoms with Crippen molar-refractivity contribution in [3.63, 3.8) is 0 Å². The van der Waals surface area contributed by atoms with Crippen LogP contribution in [0.3, 0.4) is 0 Å². The molecular formula is C36H29ClF3N3O6S2. The third-order valence-corrected chi connectivity index (χ3v) is 13.1. The number of imide groups is 1. The van der Waals surface area contributed by atoms with Crippen LogP contribution in [-0.2, 0) is 20.6 Å². The Kier molecular flexibility index (Phi) is 8.46.